The Hall–Kier alpha value is -3.28. The van der Waals surface area contributed by atoms with Crippen molar-refractivity contribution >= 4 is 22.4 Å². The molecule has 0 bridgehead atoms. The Morgan fingerprint density at radius 1 is 1.18 bits per heavy atom. The second kappa shape index (κ2) is 6.44. The van der Waals surface area contributed by atoms with Gasteiger partial charge in [-0.1, -0.05) is 0 Å². The molecule has 3 fully saturated rings. The fourth-order valence-electron chi connectivity index (χ4n) is 5.78. The van der Waals surface area contributed by atoms with Crippen LogP contribution in [0, 0.1) is 24.6 Å². The van der Waals surface area contributed by atoms with Gasteiger partial charge in [0, 0.05) is 11.5 Å². The van der Waals surface area contributed by atoms with E-state index < -0.39 is 23.1 Å². The Kier molecular flexibility index (Phi) is 3.81. The van der Waals surface area contributed by atoms with Gasteiger partial charge in [-0.15, -0.1) is 0 Å². The number of alkyl halides is 3. The first-order valence-corrected chi connectivity index (χ1v) is 11.2. The lowest BCUT2D eigenvalue weighted by Gasteiger charge is -2.17. The summed E-state index contributed by atoms with van der Waals surface area (Å²) in [5.74, 6) is 0.0898. The van der Waals surface area contributed by atoms with Crippen molar-refractivity contribution in [2.75, 3.05) is 18.8 Å². The zero-order valence-corrected chi connectivity index (χ0v) is 18.1. The van der Waals surface area contributed by atoms with Crippen LogP contribution in [0.1, 0.15) is 41.8 Å². The van der Waals surface area contributed by atoms with Crippen LogP contribution in [0.5, 0.6) is 0 Å². The minimum atomic E-state index is -4.77. The predicted octanol–water partition coefficient (Wildman–Crippen LogP) is 3.46. The molecule has 0 aromatic carbocycles. The van der Waals surface area contributed by atoms with Crippen molar-refractivity contribution < 1.29 is 17.6 Å². The number of hydrogen-bond acceptors (Lipinski definition) is 6. The molecule has 5 heterocycles. The summed E-state index contributed by atoms with van der Waals surface area (Å²) >= 11 is 0. The zero-order chi connectivity index (χ0) is 23.5. The third-order valence-electron chi connectivity index (χ3n) is 7.40. The minimum absolute atomic E-state index is 0.0204. The predicted molar refractivity (Wildman–Crippen MR) is 114 cm³/mol. The van der Waals surface area contributed by atoms with Crippen molar-refractivity contribution in [2.24, 2.45) is 11.8 Å². The van der Waals surface area contributed by atoms with E-state index in [9.17, 15) is 13.2 Å². The summed E-state index contributed by atoms with van der Waals surface area (Å²) < 4.78 is 61.5. The molecule has 0 amide bonds. The van der Waals surface area contributed by atoms with Crippen molar-refractivity contribution in [3.8, 4) is 11.3 Å². The number of aryl methyl sites for hydroxylation is 1. The summed E-state index contributed by atoms with van der Waals surface area (Å²) in [6.45, 7) is 2.96. The first-order valence-electron chi connectivity index (χ1n) is 11.2. The number of aromatic nitrogens is 6. The van der Waals surface area contributed by atoms with Gasteiger partial charge in [-0.2, -0.15) is 23.4 Å². The molecule has 0 spiro atoms. The topological polar surface area (TPSA) is 98.9 Å². The fourth-order valence-corrected chi connectivity index (χ4v) is 5.78. The molecular weight excluding hydrogens is 452 g/mol. The van der Waals surface area contributed by atoms with Crippen molar-refractivity contribution in [2.45, 2.75) is 37.9 Å². The van der Waals surface area contributed by atoms with Gasteiger partial charge in [-0.25, -0.2) is 18.9 Å². The molecule has 4 aromatic heterocycles. The third kappa shape index (κ3) is 2.62. The molecule has 2 aliphatic carbocycles. The van der Waals surface area contributed by atoms with E-state index in [1.165, 1.54) is 13.3 Å². The van der Waals surface area contributed by atoms with Crippen molar-refractivity contribution in [1.29, 1.82) is 0 Å². The Balaban J connectivity index is 1.58. The number of nitrogen functional groups attached to an aromatic ring is 1. The highest BCUT2D eigenvalue weighted by Gasteiger charge is 2.56. The highest BCUT2D eigenvalue weighted by Crippen LogP contribution is 2.58. The molecule has 8 nitrogen and oxygen atoms in total. The molecule has 3 aliphatic rings. The van der Waals surface area contributed by atoms with Gasteiger partial charge in [-0.05, 0) is 50.8 Å². The molecule has 34 heavy (non-hydrogen) atoms. The van der Waals surface area contributed by atoms with E-state index in [1.54, 1.807) is 4.68 Å². The quantitative estimate of drug-likeness (QED) is 0.443. The molecule has 3 N–H and O–H groups in total. The molecule has 2 unspecified atom stereocenters. The standard InChI is InChI=1S/C22H20F4N8/c1-8-16(22(24,25)26)10(4-13(27)31-8)19-17(23)20-15(21-29-7-30-34(19)21)18(32-33(20)9-2-3-9)14-11-5-28-6-12(11)14/h4,7,9,11-12,14,28H,2-3,5-6H2,1H3,(H2,27,31). The first kappa shape index (κ1) is 20.1. The Bertz CT molecular complexity index is 1490. The molecule has 176 valence electrons. The van der Waals surface area contributed by atoms with Crippen LogP contribution in [-0.2, 0) is 6.18 Å². The van der Waals surface area contributed by atoms with Crippen LogP contribution in [0.25, 0.3) is 27.8 Å². The highest BCUT2D eigenvalue weighted by molar-refractivity contribution is 5.98. The molecule has 2 atom stereocenters. The molecule has 12 heteroatoms. The van der Waals surface area contributed by atoms with Gasteiger partial charge in [-0.3, -0.25) is 4.68 Å². The number of pyridine rings is 2. The number of nitrogens with two attached hydrogens (primary N) is 1. The van der Waals surface area contributed by atoms with Crippen LogP contribution >= 0.6 is 0 Å². The van der Waals surface area contributed by atoms with Gasteiger partial charge in [0.25, 0.3) is 0 Å². The number of halogens is 4. The smallest absolute Gasteiger partial charge is 0.384 e. The summed E-state index contributed by atoms with van der Waals surface area (Å²) in [5, 5.41) is 12.9. The molecule has 0 radical (unpaired) electrons. The van der Waals surface area contributed by atoms with Crippen molar-refractivity contribution in [1.82, 2.24) is 34.7 Å². The Morgan fingerprint density at radius 2 is 1.91 bits per heavy atom. The average Bonchev–Trinajstić information content (AvgIpc) is 3.51. The number of piperidine rings is 1. The fraction of sp³-hybridized carbons (Fsp3) is 0.455. The van der Waals surface area contributed by atoms with Gasteiger partial charge >= 0.3 is 6.18 Å². The van der Waals surface area contributed by atoms with Crippen LogP contribution in [0.2, 0.25) is 0 Å². The monoisotopic (exact) mass is 472 g/mol. The third-order valence-corrected chi connectivity index (χ3v) is 7.40. The highest BCUT2D eigenvalue weighted by atomic mass is 19.4. The first-order chi connectivity index (χ1) is 16.3. The van der Waals surface area contributed by atoms with Gasteiger partial charge < -0.3 is 11.1 Å². The molecular formula is C22H20F4N8. The summed E-state index contributed by atoms with van der Waals surface area (Å²) in [5.41, 5.74) is 4.94. The van der Waals surface area contributed by atoms with E-state index in [4.69, 9.17) is 10.8 Å². The van der Waals surface area contributed by atoms with Crippen molar-refractivity contribution in [3.63, 3.8) is 0 Å². The van der Waals surface area contributed by atoms with Crippen LogP contribution in [-0.4, -0.2) is 42.5 Å². The Morgan fingerprint density at radius 3 is 2.59 bits per heavy atom. The second-order valence-electron chi connectivity index (χ2n) is 9.51. The lowest BCUT2D eigenvalue weighted by molar-refractivity contribution is -0.137. The maximum atomic E-state index is 16.4. The summed E-state index contributed by atoms with van der Waals surface area (Å²) in [6.07, 6.45) is -1.85. The van der Waals surface area contributed by atoms with Gasteiger partial charge in [0.2, 0.25) is 0 Å². The zero-order valence-electron chi connectivity index (χ0n) is 18.1. The van der Waals surface area contributed by atoms with Gasteiger partial charge in [0.1, 0.15) is 23.4 Å². The maximum Gasteiger partial charge on any atom is 0.418 e. The molecule has 4 aromatic rings. The van der Waals surface area contributed by atoms with E-state index in [-0.39, 0.29) is 34.7 Å². The normalized spacial score (nSPS) is 24.3. The number of hydrogen-bond donors (Lipinski definition) is 2. The lowest BCUT2D eigenvalue weighted by atomic mass is 10.0. The lowest BCUT2D eigenvalue weighted by Crippen LogP contribution is -2.15. The second-order valence-corrected chi connectivity index (χ2v) is 9.51. The molecule has 1 aliphatic heterocycles. The molecule has 1 saturated heterocycles. The SMILES string of the molecule is Cc1nc(N)cc(-c2c(F)c3c(c(C4C5CNCC54)nn3C3CC3)c3ncnn23)c1C(F)(F)F. The van der Waals surface area contributed by atoms with E-state index in [0.717, 1.165) is 42.2 Å². The van der Waals surface area contributed by atoms with Crippen LogP contribution in [0.4, 0.5) is 23.4 Å². The molecule has 2 saturated carbocycles. The number of anilines is 1. The van der Waals surface area contributed by atoms with E-state index in [1.807, 2.05) is 0 Å². The number of nitrogens with zero attached hydrogens (tertiary/aromatic N) is 6. The average molecular weight is 472 g/mol. The summed E-state index contributed by atoms with van der Waals surface area (Å²) in [6, 6.07) is 1.07. The number of rotatable bonds is 3. The number of nitrogens with one attached hydrogen (secondary N) is 1. The van der Waals surface area contributed by atoms with E-state index >= 15 is 4.39 Å². The van der Waals surface area contributed by atoms with E-state index in [2.05, 4.69) is 20.4 Å². The summed E-state index contributed by atoms with van der Waals surface area (Å²) in [4.78, 5) is 8.13. The Labute approximate surface area is 190 Å². The number of fused-ring (bicyclic) bond motifs is 4. The van der Waals surface area contributed by atoms with Gasteiger partial charge in [0.15, 0.2) is 11.5 Å². The minimum Gasteiger partial charge on any atom is -0.384 e. The maximum absolute atomic E-state index is 16.4. The van der Waals surface area contributed by atoms with Crippen LogP contribution in [0.3, 0.4) is 0 Å². The van der Waals surface area contributed by atoms with Crippen LogP contribution < -0.4 is 11.1 Å². The van der Waals surface area contributed by atoms with Gasteiger partial charge in [0.05, 0.1) is 28.4 Å². The van der Waals surface area contributed by atoms with Crippen LogP contribution in [0.15, 0.2) is 12.4 Å². The molecule has 7 rings (SSSR count). The van der Waals surface area contributed by atoms with E-state index in [0.29, 0.717) is 22.9 Å². The van der Waals surface area contributed by atoms with Crippen molar-refractivity contribution in [3.05, 3.63) is 35.2 Å². The largest absolute Gasteiger partial charge is 0.418 e. The summed E-state index contributed by atoms with van der Waals surface area (Å²) in [7, 11) is 0.